The van der Waals surface area contributed by atoms with Crippen LogP contribution in [0.2, 0.25) is 0 Å². The highest BCUT2D eigenvalue weighted by Gasteiger charge is 2.47. The van der Waals surface area contributed by atoms with E-state index in [4.69, 9.17) is 0 Å². The molecule has 0 spiro atoms. The highest BCUT2D eigenvalue weighted by atomic mass is 19.4. The molecule has 178 valence electrons. The van der Waals surface area contributed by atoms with Crippen molar-refractivity contribution in [3.8, 4) is 5.75 Å². The third-order valence-electron chi connectivity index (χ3n) is 5.24. The molecule has 1 unspecified atom stereocenters. The first-order chi connectivity index (χ1) is 16.6. The van der Waals surface area contributed by atoms with E-state index in [1.54, 1.807) is 30.3 Å². The Balaban J connectivity index is 1.87. The van der Waals surface area contributed by atoms with E-state index in [9.17, 15) is 38.0 Å². The Morgan fingerprint density at radius 3 is 2.23 bits per heavy atom. The van der Waals surface area contributed by atoms with Crippen LogP contribution in [0.15, 0.2) is 84.4 Å². The molecule has 1 aliphatic heterocycles. The number of non-ortho nitro benzene ring substituents is 1. The summed E-state index contributed by atoms with van der Waals surface area (Å²) in [5.74, 6) is -3.33. The third kappa shape index (κ3) is 4.69. The number of ketones is 1. The van der Waals surface area contributed by atoms with Crippen LogP contribution in [-0.2, 0) is 9.59 Å². The summed E-state index contributed by atoms with van der Waals surface area (Å²) < 4.78 is 42.1. The number of alkyl halides is 3. The zero-order valence-electron chi connectivity index (χ0n) is 17.6. The summed E-state index contributed by atoms with van der Waals surface area (Å²) in [7, 11) is 0. The maximum Gasteiger partial charge on any atom is 0.573 e. The molecule has 1 aliphatic rings. The lowest BCUT2D eigenvalue weighted by Gasteiger charge is -2.26. The van der Waals surface area contributed by atoms with E-state index in [1.807, 2.05) is 0 Å². The first-order valence-electron chi connectivity index (χ1n) is 10.0. The number of hydrogen-bond acceptors (Lipinski definition) is 6. The largest absolute Gasteiger partial charge is 0.573 e. The number of ether oxygens (including phenoxy) is 1. The van der Waals surface area contributed by atoms with Gasteiger partial charge in [-0.3, -0.25) is 24.6 Å². The number of rotatable bonds is 5. The molecule has 1 N–H and O–H groups in total. The van der Waals surface area contributed by atoms with Gasteiger partial charge in [0.2, 0.25) is 0 Å². The molecule has 1 heterocycles. The fraction of sp³-hybridized carbons (Fsp3) is 0.0833. The van der Waals surface area contributed by atoms with Crippen molar-refractivity contribution in [3.05, 3.63) is 106 Å². The summed E-state index contributed by atoms with van der Waals surface area (Å²) in [4.78, 5) is 37.4. The van der Waals surface area contributed by atoms with Gasteiger partial charge in [-0.15, -0.1) is 13.2 Å². The molecule has 0 aromatic heterocycles. The van der Waals surface area contributed by atoms with Gasteiger partial charge in [-0.25, -0.2) is 0 Å². The molecule has 8 nitrogen and oxygen atoms in total. The minimum atomic E-state index is -4.97. The number of aliphatic hydroxyl groups is 1. The second-order valence-electron chi connectivity index (χ2n) is 7.43. The van der Waals surface area contributed by atoms with Crippen LogP contribution in [-0.4, -0.2) is 28.1 Å². The Morgan fingerprint density at radius 2 is 1.63 bits per heavy atom. The van der Waals surface area contributed by atoms with Gasteiger partial charge >= 0.3 is 6.36 Å². The number of Topliss-reactive ketones (excluding diaryl/α,β-unsaturated/α-hetero) is 1. The summed E-state index contributed by atoms with van der Waals surface area (Å²) in [6.07, 6.45) is -4.97. The van der Waals surface area contributed by atoms with E-state index in [-0.39, 0.29) is 22.5 Å². The van der Waals surface area contributed by atoms with E-state index in [1.165, 1.54) is 24.3 Å². The van der Waals surface area contributed by atoms with E-state index < -0.39 is 40.5 Å². The first kappa shape index (κ1) is 23.5. The van der Waals surface area contributed by atoms with Crippen LogP contribution in [0, 0.1) is 10.1 Å². The second kappa shape index (κ2) is 8.93. The molecular formula is C24H15F3N2O6. The molecule has 1 fully saturated rings. The van der Waals surface area contributed by atoms with Crippen LogP contribution < -0.4 is 9.64 Å². The lowest BCUT2D eigenvalue weighted by Crippen LogP contribution is -2.29. The van der Waals surface area contributed by atoms with Gasteiger partial charge in [0.05, 0.1) is 16.5 Å². The van der Waals surface area contributed by atoms with E-state index >= 15 is 0 Å². The number of carbonyl (C=O) groups is 2. The van der Waals surface area contributed by atoms with Crippen molar-refractivity contribution in [1.29, 1.82) is 0 Å². The van der Waals surface area contributed by atoms with Gasteiger partial charge in [0.15, 0.2) is 0 Å². The number of nitro benzene ring substituents is 1. The third-order valence-corrected chi connectivity index (χ3v) is 5.24. The summed E-state index contributed by atoms with van der Waals surface area (Å²) in [5.41, 5.74) is -0.188. The number of carbonyl (C=O) groups excluding carboxylic acids is 2. The van der Waals surface area contributed by atoms with Gasteiger partial charge in [-0.05, 0) is 29.8 Å². The number of amides is 1. The van der Waals surface area contributed by atoms with Crippen LogP contribution in [0.5, 0.6) is 5.75 Å². The number of aliphatic hydroxyl groups excluding tert-OH is 1. The maximum absolute atomic E-state index is 13.1. The normalized spacial score (nSPS) is 17.5. The molecule has 1 amide bonds. The minimum Gasteiger partial charge on any atom is -0.507 e. The molecule has 3 aromatic carbocycles. The van der Waals surface area contributed by atoms with Gasteiger partial charge < -0.3 is 9.84 Å². The number of nitro groups is 1. The molecule has 0 aliphatic carbocycles. The summed E-state index contributed by atoms with van der Waals surface area (Å²) in [6.45, 7) is 0. The van der Waals surface area contributed by atoms with Crippen LogP contribution in [0.25, 0.3) is 5.76 Å². The lowest BCUT2D eigenvalue weighted by molar-refractivity contribution is -0.384. The van der Waals surface area contributed by atoms with Gasteiger partial charge in [-0.1, -0.05) is 36.4 Å². The van der Waals surface area contributed by atoms with Gasteiger partial charge in [-0.2, -0.15) is 0 Å². The molecule has 0 radical (unpaired) electrons. The standard InChI is InChI=1S/C24H15F3N2O6/c25-24(26,27)35-18-8-4-7-17(13-18)28-20(14-5-2-1-3-6-14)19(22(31)23(28)32)21(30)15-9-11-16(12-10-15)29(33)34/h1-13,20,30H/b21-19+. The van der Waals surface area contributed by atoms with Crippen molar-refractivity contribution in [1.82, 2.24) is 0 Å². The smallest absolute Gasteiger partial charge is 0.507 e. The number of hydrogen-bond donors (Lipinski definition) is 1. The quantitative estimate of drug-likeness (QED) is 0.177. The number of halogens is 3. The van der Waals surface area contributed by atoms with E-state index in [2.05, 4.69) is 4.74 Å². The summed E-state index contributed by atoms with van der Waals surface area (Å²) in [5, 5.41) is 21.9. The highest BCUT2D eigenvalue weighted by Crippen LogP contribution is 2.43. The predicted molar refractivity (Wildman–Crippen MR) is 117 cm³/mol. The summed E-state index contributed by atoms with van der Waals surface area (Å²) >= 11 is 0. The molecule has 11 heteroatoms. The average Bonchev–Trinajstić information content (AvgIpc) is 3.09. The average molecular weight is 484 g/mol. The molecule has 1 saturated heterocycles. The van der Waals surface area contributed by atoms with Crippen LogP contribution in [0.3, 0.4) is 0 Å². The van der Waals surface area contributed by atoms with Crippen LogP contribution >= 0.6 is 0 Å². The summed E-state index contributed by atoms with van der Waals surface area (Å²) in [6, 6.07) is 16.2. The zero-order valence-corrected chi connectivity index (χ0v) is 17.6. The molecular weight excluding hydrogens is 469 g/mol. The van der Waals surface area contributed by atoms with Crippen molar-refractivity contribution in [3.63, 3.8) is 0 Å². The lowest BCUT2D eigenvalue weighted by atomic mass is 9.95. The molecule has 3 aromatic rings. The number of benzene rings is 3. The van der Waals surface area contributed by atoms with Gasteiger partial charge in [0, 0.05) is 29.4 Å². The zero-order chi connectivity index (χ0) is 25.3. The highest BCUT2D eigenvalue weighted by molar-refractivity contribution is 6.51. The fourth-order valence-electron chi connectivity index (χ4n) is 3.78. The topological polar surface area (TPSA) is 110 Å². The van der Waals surface area contributed by atoms with Crippen molar-refractivity contribution in [2.24, 2.45) is 0 Å². The predicted octanol–water partition coefficient (Wildman–Crippen LogP) is 5.12. The van der Waals surface area contributed by atoms with Crippen molar-refractivity contribution in [2.75, 3.05) is 4.90 Å². The second-order valence-corrected chi connectivity index (χ2v) is 7.43. The van der Waals surface area contributed by atoms with E-state index in [0.29, 0.717) is 5.56 Å². The molecule has 0 saturated carbocycles. The first-order valence-corrected chi connectivity index (χ1v) is 10.0. The van der Waals surface area contributed by atoms with Gasteiger partial charge in [0.25, 0.3) is 17.4 Å². The maximum atomic E-state index is 13.1. The van der Waals surface area contributed by atoms with Crippen LogP contribution in [0.4, 0.5) is 24.5 Å². The Kier molecular flexibility index (Phi) is 6.00. The Morgan fingerprint density at radius 1 is 0.971 bits per heavy atom. The van der Waals surface area contributed by atoms with Crippen molar-refractivity contribution in [2.45, 2.75) is 12.4 Å². The van der Waals surface area contributed by atoms with E-state index in [0.717, 1.165) is 29.2 Å². The molecule has 35 heavy (non-hydrogen) atoms. The number of nitrogens with zero attached hydrogens (tertiary/aromatic N) is 2. The molecule has 1 atom stereocenters. The Labute approximate surface area is 195 Å². The Hall–Kier alpha value is -4.67. The van der Waals surface area contributed by atoms with Crippen molar-refractivity contribution < 1.29 is 37.5 Å². The number of anilines is 1. The molecule has 0 bridgehead atoms. The minimum absolute atomic E-state index is 0.0451. The van der Waals surface area contributed by atoms with Crippen molar-refractivity contribution >= 4 is 28.8 Å². The molecule has 4 rings (SSSR count). The monoisotopic (exact) mass is 484 g/mol. The fourth-order valence-corrected chi connectivity index (χ4v) is 3.78. The van der Waals surface area contributed by atoms with Gasteiger partial charge in [0.1, 0.15) is 11.5 Å². The SMILES string of the molecule is O=C1C(=O)N(c2cccc(OC(F)(F)F)c2)C(c2ccccc2)/C1=C(\O)c1ccc([N+](=O)[O-])cc1. The Bertz CT molecular complexity index is 1340. The van der Waals surface area contributed by atoms with Crippen LogP contribution in [0.1, 0.15) is 17.2 Å².